The molecule has 0 aliphatic heterocycles. The van der Waals surface area contributed by atoms with Gasteiger partial charge in [-0.3, -0.25) is 13.9 Å². The van der Waals surface area contributed by atoms with E-state index in [1.54, 1.807) is 48.5 Å². The molecule has 1 unspecified atom stereocenters. The first-order chi connectivity index (χ1) is 23.7. The summed E-state index contributed by atoms with van der Waals surface area (Å²) in [6, 6.07) is 29.7. The van der Waals surface area contributed by atoms with Crippen LogP contribution >= 0.6 is 15.9 Å². The molecule has 1 atom stereocenters. The molecule has 0 heterocycles. The molecule has 1 fully saturated rings. The highest BCUT2D eigenvalue weighted by Gasteiger charge is 2.36. The number of aryl methyl sites for hydroxylation is 1. The van der Waals surface area contributed by atoms with Gasteiger partial charge < -0.3 is 15.0 Å². The summed E-state index contributed by atoms with van der Waals surface area (Å²) in [4.78, 5) is 30.7. The molecule has 8 nitrogen and oxygen atoms in total. The first kappa shape index (κ1) is 36.1. The van der Waals surface area contributed by atoms with Gasteiger partial charge in [0.25, 0.3) is 10.0 Å². The molecule has 10 heteroatoms. The number of nitrogens with one attached hydrogen (secondary N) is 1. The topological polar surface area (TPSA) is 96.0 Å². The van der Waals surface area contributed by atoms with Crippen molar-refractivity contribution >= 4 is 43.5 Å². The Balaban J connectivity index is 1.59. The Labute approximate surface area is 298 Å². The molecule has 0 radical (unpaired) electrons. The molecule has 1 saturated carbocycles. The molecule has 0 spiro atoms. The second-order valence-electron chi connectivity index (χ2n) is 12.4. The number of carbonyl (C=O) groups excluding carboxylic acids is 2. The Bertz CT molecular complexity index is 1790. The van der Waals surface area contributed by atoms with E-state index in [-0.39, 0.29) is 35.5 Å². The molecule has 4 aromatic carbocycles. The molecule has 1 aliphatic carbocycles. The maximum Gasteiger partial charge on any atom is 0.264 e. The van der Waals surface area contributed by atoms with E-state index < -0.39 is 28.5 Å². The van der Waals surface area contributed by atoms with Gasteiger partial charge in [0.2, 0.25) is 11.8 Å². The number of carbonyl (C=O) groups is 2. The lowest BCUT2D eigenvalue weighted by Gasteiger charge is -2.35. The molecule has 49 heavy (non-hydrogen) atoms. The van der Waals surface area contributed by atoms with E-state index in [2.05, 4.69) is 21.2 Å². The Morgan fingerprint density at radius 2 is 1.51 bits per heavy atom. The first-order valence-electron chi connectivity index (χ1n) is 16.8. The van der Waals surface area contributed by atoms with Crippen molar-refractivity contribution in [1.82, 2.24) is 10.2 Å². The maximum atomic E-state index is 14.8. The standard InChI is InChI=1S/C39H44BrN3O5S/c1-3-48-37-17-11-10-16-35(37)43(49(46,47)34-24-18-29(2)19-25-34)28-38(44)42(27-31-20-22-32(40)23-21-31)36(26-30-12-6-4-7-13-30)39(45)41-33-14-8-5-9-15-33/h4,6-7,10-13,16-25,33,36H,3,5,8-9,14-15,26-28H2,1-2H3,(H,41,45). The zero-order valence-corrected chi connectivity index (χ0v) is 30.5. The van der Waals surface area contributed by atoms with E-state index in [1.807, 2.05) is 68.4 Å². The number of anilines is 1. The number of ether oxygens (including phenoxy) is 1. The van der Waals surface area contributed by atoms with Gasteiger partial charge in [0.15, 0.2) is 0 Å². The molecular weight excluding hydrogens is 702 g/mol. The smallest absolute Gasteiger partial charge is 0.264 e. The number of rotatable bonds is 14. The fourth-order valence-corrected chi connectivity index (χ4v) is 7.87. The first-order valence-corrected chi connectivity index (χ1v) is 19.1. The fourth-order valence-electron chi connectivity index (χ4n) is 6.18. The van der Waals surface area contributed by atoms with Crippen molar-refractivity contribution in [3.8, 4) is 5.75 Å². The molecule has 5 rings (SSSR count). The van der Waals surface area contributed by atoms with E-state index >= 15 is 0 Å². The van der Waals surface area contributed by atoms with Crippen LogP contribution in [0.3, 0.4) is 0 Å². The Hall–Kier alpha value is -4.15. The van der Waals surface area contributed by atoms with Crippen LogP contribution in [0.25, 0.3) is 0 Å². The molecule has 4 aromatic rings. The lowest BCUT2D eigenvalue weighted by Crippen LogP contribution is -2.55. The summed E-state index contributed by atoms with van der Waals surface area (Å²) in [6.07, 6.45) is 5.27. The van der Waals surface area contributed by atoms with E-state index in [1.165, 1.54) is 4.90 Å². The summed E-state index contributed by atoms with van der Waals surface area (Å²) in [5.74, 6) is -0.419. The molecule has 258 valence electrons. The molecule has 0 bridgehead atoms. The minimum absolute atomic E-state index is 0.0284. The SMILES string of the molecule is CCOc1ccccc1N(CC(=O)N(Cc1ccc(Br)cc1)C(Cc1ccccc1)C(=O)NC1CCCCC1)S(=O)(=O)c1ccc(C)cc1. The Morgan fingerprint density at radius 1 is 0.857 bits per heavy atom. The van der Waals surface area contributed by atoms with Gasteiger partial charge in [-0.15, -0.1) is 0 Å². The van der Waals surface area contributed by atoms with Crippen molar-refractivity contribution in [3.05, 3.63) is 124 Å². The van der Waals surface area contributed by atoms with Gasteiger partial charge >= 0.3 is 0 Å². The van der Waals surface area contributed by atoms with Crippen LogP contribution in [0.4, 0.5) is 5.69 Å². The van der Waals surface area contributed by atoms with Crippen LogP contribution in [0.5, 0.6) is 5.75 Å². The number of halogens is 1. The van der Waals surface area contributed by atoms with Gasteiger partial charge in [-0.05, 0) is 74.2 Å². The van der Waals surface area contributed by atoms with Crippen molar-refractivity contribution in [2.24, 2.45) is 0 Å². The molecule has 2 amide bonds. The van der Waals surface area contributed by atoms with Gasteiger partial charge in [-0.1, -0.05) is 107 Å². The zero-order chi connectivity index (χ0) is 34.8. The van der Waals surface area contributed by atoms with Crippen molar-refractivity contribution in [1.29, 1.82) is 0 Å². The van der Waals surface area contributed by atoms with E-state index in [0.717, 1.165) is 57.6 Å². The molecular formula is C39H44BrN3O5S. The third kappa shape index (κ3) is 9.51. The highest BCUT2D eigenvalue weighted by molar-refractivity contribution is 9.10. The van der Waals surface area contributed by atoms with Gasteiger partial charge in [0.1, 0.15) is 18.3 Å². The number of hydrogen-bond donors (Lipinski definition) is 1. The molecule has 0 aromatic heterocycles. The number of para-hydroxylation sites is 2. The third-order valence-electron chi connectivity index (χ3n) is 8.81. The summed E-state index contributed by atoms with van der Waals surface area (Å²) in [6.45, 7) is 3.57. The highest BCUT2D eigenvalue weighted by Crippen LogP contribution is 2.33. The van der Waals surface area contributed by atoms with Crippen molar-refractivity contribution in [2.45, 2.75) is 75.9 Å². The highest BCUT2D eigenvalue weighted by atomic mass is 79.9. The lowest BCUT2D eigenvalue weighted by atomic mass is 9.94. The zero-order valence-electron chi connectivity index (χ0n) is 28.1. The van der Waals surface area contributed by atoms with Crippen molar-refractivity contribution in [2.75, 3.05) is 17.5 Å². The van der Waals surface area contributed by atoms with Gasteiger partial charge in [-0.2, -0.15) is 0 Å². The minimum Gasteiger partial charge on any atom is -0.492 e. The summed E-state index contributed by atoms with van der Waals surface area (Å²) in [7, 11) is -4.25. The van der Waals surface area contributed by atoms with E-state index in [9.17, 15) is 18.0 Å². The van der Waals surface area contributed by atoms with Crippen LogP contribution in [0.2, 0.25) is 0 Å². The summed E-state index contributed by atoms with van der Waals surface area (Å²) < 4.78 is 36.7. The van der Waals surface area contributed by atoms with E-state index in [4.69, 9.17) is 4.74 Å². The van der Waals surface area contributed by atoms with Crippen LogP contribution in [0.15, 0.2) is 112 Å². The van der Waals surface area contributed by atoms with E-state index in [0.29, 0.717) is 12.4 Å². The minimum atomic E-state index is -4.25. The third-order valence-corrected chi connectivity index (χ3v) is 11.1. The lowest BCUT2D eigenvalue weighted by molar-refractivity contribution is -0.140. The number of nitrogens with zero attached hydrogens (tertiary/aromatic N) is 2. The number of amides is 2. The van der Waals surface area contributed by atoms with Crippen molar-refractivity contribution in [3.63, 3.8) is 0 Å². The molecule has 0 saturated heterocycles. The van der Waals surface area contributed by atoms with Gasteiger partial charge in [-0.25, -0.2) is 8.42 Å². The maximum absolute atomic E-state index is 14.8. The normalized spacial score (nSPS) is 14.1. The number of sulfonamides is 1. The largest absolute Gasteiger partial charge is 0.492 e. The van der Waals surface area contributed by atoms with Crippen LogP contribution in [-0.2, 0) is 32.6 Å². The number of hydrogen-bond acceptors (Lipinski definition) is 5. The molecule has 1 aliphatic rings. The average Bonchev–Trinajstić information content (AvgIpc) is 3.11. The van der Waals surface area contributed by atoms with Crippen LogP contribution in [0, 0.1) is 6.92 Å². The summed E-state index contributed by atoms with van der Waals surface area (Å²) in [5, 5.41) is 3.25. The number of benzene rings is 4. The average molecular weight is 747 g/mol. The van der Waals surface area contributed by atoms with Crippen LogP contribution in [-0.4, -0.2) is 50.4 Å². The second-order valence-corrected chi connectivity index (χ2v) is 15.2. The van der Waals surface area contributed by atoms with Crippen LogP contribution in [0.1, 0.15) is 55.7 Å². The van der Waals surface area contributed by atoms with Gasteiger partial charge in [0.05, 0.1) is 17.2 Å². The van der Waals surface area contributed by atoms with Crippen molar-refractivity contribution < 1.29 is 22.7 Å². The predicted octanol–water partition coefficient (Wildman–Crippen LogP) is 7.44. The monoisotopic (exact) mass is 745 g/mol. The quantitative estimate of drug-likeness (QED) is 0.145. The second kappa shape index (κ2) is 17.0. The summed E-state index contributed by atoms with van der Waals surface area (Å²) in [5.41, 5.74) is 2.85. The Morgan fingerprint density at radius 3 is 2.18 bits per heavy atom. The Kier molecular flexibility index (Phi) is 12.5. The predicted molar refractivity (Wildman–Crippen MR) is 197 cm³/mol. The van der Waals surface area contributed by atoms with Gasteiger partial charge in [0, 0.05) is 23.5 Å². The fraction of sp³-hybridized carbons (Fsp3) is 0.333. The molecule has 1 N–H and O–H groups in total. The summed E-state index contributed by atoms with van der Waals surface area (Å²) >= 11 is 3.49. The van der Waals surface area contributed by atoms with Crippen LogP contribution < -0.4 is 14.4 Å².